The van der Waals surface area contributed by atoms with E-state index in [0.29, 0.717) is 19.7 Å². The third-order valence-electron chi connectivity index (χ3n) is 2.73. The highest BCUT2D eigenvalue weighted by atomic mass is 16.5. The average molecular weight is 225 g/mol. The van der Waals surface area contributed by atoms with Crippen molar-refractivity contribution in [1.29, 1.82) is 0 Å². The van der Waals surface area contributed by atoms with Crippen molar-refractivity contribution in [3.63, 3.8) is 0 Å². The number of hydrogen-bond acceptors (Lipinski definition) is 4. The van der Waals surface area contributed by atoms with Crippen molar-refractivity contribution in [2.45, 2.75) is 12.6 Å². The van der Waals surface area contributed by atoms with Crippen LogP contribution in [0.2, 0.25) is 0 Å². The molecule has 0 aliphatic carbocycles. The molecule has 6 nitrogen and oxygen atoms in total. The van der Waals surface area contributed by atoms with Crippen LogP contribution in [0.3, 0.4) is 0 Å². The average Bonchev–Trinajstić information content (AvgIpc) is 2.65. The van der Waals surface area contributed by atoms with E-state index >= 15 is 0 Å². The quantitative estimate of drug-likeness (QED) is 0.765. The maximum absolute atomic E-state index is 10.8. The number of carboxylic acids is 1. The lowest BCUT2D eigenvalue weighted by molar-refractivity contribution is -0.156. The van der Waals surface area contributed by atoms with Crippen LogP contribution in [0.25, 0.3) is 0 Å². The first-order valence-corrected chi connectivity index (χ1v) is 5.19. The van der Waals surface area contributed by atoms with Crippen molar-refractivity contribution in [2.75, 3.05) is 19.7 Å². The van der Waals surface area contributed by atoms with Crippen molar-refractivity contribution in [3.05, 3.63) is 18.2 Å². The Labute approximate surface area is 93.4 Å². The summed E-state index contributed by atoms with van der Waals surface area (Å²) in [6, 6.07) is 0. The van der Waals surface area contributed by atoms with Crippen molar-refractivity contribution in [3.8, 4) is 0 Å². The number of aliphatic carboxylic acids is 1. The molecule has 0 amide bonds. The standard InChI is InChI=1S/C10H15N3O3/c1-12-7-11-4-8(12)5-13-2-3-16-9(6-13)10(14)15/h4,7,9H,2-3,5-6H2,1H3,(H,14,15). The van der Waals surface area contributed by atoms with Crippen LogP contribution >= 0.6 is 0 Å². The summed E-state index contributed by atoms with van der Waals surface area (Å²) < 4.78 is 7.09. The third-order valence-corrected chi connectivity index (χ3v) is 2.73. The number of imidazole rings is 1. The lowest BCUT2D eigenvalue weighted by Gasteiger charge is -2.30. The summed E-state index contributed by atoms with van der Waals surface area (Å²) in [7, 11) is 1.93. The van der Waals surface area contributed by atoms with Gasteiger partial charge in [-0.25, -0.2) is 9.78 Å². The molecule has 1 aliphatic heterocycles. The molecule has 1 unspecified atom stereocenters. The zero-order chi connectivity index (χ0) is 11.5. The number of rotatable bonds is 3. The van der Waals surface area contributed by atoms with Gasteiger partial charge in [-0.2, -0.15) is 0 Å². The van der Waals surface area contributed by atoms with Gasteiger partial charge in [-0.15, -0.1) is 0 Å². The Hall–Kier alpha value is -1.40. The first-order valence-electron chi connectivity index (χ1n) is 5.19. The van der Waals surface area contributed by atoms with E-state index in [2.05, 4.69) is 9.88 Å². The number of morpholine rings is 1. The van der Waals surface area contributed by atoms with Gasteiger partial charge in [0, 0.05) is 32.9 Å². The Morgan fingerprint density at radius 3 is 3.19 bits per heavy atom. The van der Waals surface area contributed by atoms with E-state index < -0.39 is 12.1 Å². The highest BCUT2D eigenvalue weighted by molar-refractivity contribution is 5.72. The Kier molecular flexibility index (Phi) is 3.21. The molecular weight excluding hydrogens is 210 g/mol. The topological polar surface area (TPSA) is 67.6 Å². The maximum Gasteiger partial charge on any atom is 0.334 e. The zero-order valence-corrected chi connectivity index (χ0v) is 9.17. The summed E-state index contributed by atoms with van der Waals surface area (Å²) in [5.41, 5.74) is 1.08. The van der Waals surface area contributed by atoms with E-state index in [4.69, 9.17) is 9.84 Å². The highest BCUT2D eigenvalue weighted by Crippen LogP contribution is 2.09. The van der Waals surface area contributed by atoms with E-state index in [0.717, 1.165) is 12.2 Å². The molecule has 1 aliphatic rings. The molecule has 6 heteroatoms. The van der Waals surface area contributed by atoms with Crippen LogP contribution < -0.4 is 0 Å². The molecular formula is C10H15N3O3. The molecule has 88 valence electrons. The second-order valence-electron chi connectivity index (χ2n) is 3.93. The predicted octanol–water partition coefficient (Wildman–Crippen LogP) is -0.295. The Morgan fingerprint density at radius 2 is 2.56 bits per heavy atom. The predicted molar refractivity (Wildman–Crippen MR) is 55.9 cm³/mol. The first-order chi connectivity index (χ1) is 7.66. The number of carbonyl (C=O) groups is 1. The lowest BCUT2D eigenvalue weighted by Crippen LogP contribution is -2.45. The molecule has 2 rings (SSSR count). The molecule has 0 aromatic carbocycles. The van der Waals surface area contributed by atoms with Crippen LogP contribution in [0.15, 0.2) is 12.5 Å². The van der Waals surface area contributed by atoms with Gasteiger partial charge in [-0.05, 0) is 0 Å². The molecule has 1 saturated heterocycles. The fourth-order valence-electron chi connectivity index (χ4n) is 1.76. The number of hydrogen-bond donors (Lipinski definition) is 1. The molecule has 0 saturated carbocycles. The van der Waals surface area contributed by atoms with Crippen LogP contribution in [0, 0.1) is 0 Å². The number of aryl methyl sites for hydroxylation is 1. The molecule has 1 atom stereocenters. The van der Waals surface area contributed by atoms with Gasteiger partial charge in [0.25, 0.3) is 0 Å². The van der Waals surface area contributed by atoms with Crippen molar-refractivity contribution >= 4 is 5.97 Å². The third kappa shape index (κ3) is 2.40. The minimum atomic E-state index is -0.894. The van der Waals surface area contributed by atoms with E-state index in [1.807, 2.05) is 11.6 Å². The minimum Gasteiger partial charge on any atom is -0.479 e. The van der Waals surface area contributed by atoms with E-state index in [1.165, 1.54) is 0 Å². The summed E-state index contributed by atoms with van der Waals surface area (Å²) in [6.07, 6.45) is 2.83. The van der Waals surface area contributed by atoms with Gasteiger partial charge in [0.1, 0.15) is 0 Å². The number of aromatic nitrogens is 2. The number of carboxylic acid groups (broad SMARTS) is 1. The van der Waals surface area contributed by atoms with Gasteiger partial charge in [0.15, 0.2) is 6.10 Å². The summed E-state index contributed by atoms with van der Waals surface area (Å²) >= 11 is 0. The summed E-state index contributed by atoms with van der Waals surface area (Å²) in [4.78, 5) is 16.9. The highest BCUT2D eigenvalue weighted by Gasteiger charge is 2.26. The molecule has 0 bridgehead atoms. The van der Waals surface area contributed by atoms with Gasteiger partial charge in [-0.3, -0.25) is 4.90 Å². The van der Waals surface area contributed by atoms with Crippen LogP contribution in [-0.2, 0) is 23.1 Å². The summed E-state index contributed by atoms with van der Waals surface area (Å²) in [5, 5.41) is 8.87. The van der Waals surface area contributed by atoms with Crippen LogP contribution in [0.1, 0.15) is 5.69 Å². The molecule has 0 radical (unpaired) electrons. The van der Waals surface area contributed by atoms with Crippen LogP contribution in [0.4, 0.5) is 0 Å². The zero-order valence-electron chi connectivity index (χ0n) is 9.17. The molecule has 0 spiro atoms. The van der Waals surface area contributed by atoms with Crippen LogP contribution in [-0.4, -0.2) is 51.3 Å². The van der Waals surface area contributed by atoms with E-state index in [-0.39, 0.29) is 0 Å². The second kappa shape index (κ2) is 4.63. The van der Waals surface area contributed by atoms with Gasteiger partial charge < -0.3 is 14.4 Å². The van der Waals surface area contributed by atoms with Crippen molar-refractivity contribution < 1.29 is 14.6 Å². The molecule has 16 heavy (non-hydrogen) atoms. The van der Waals surface area contributed by atoms with E-state index in [1.54, 1.807) is 12.5 Å². The fraction of sp³-hybridized carbons (Fsp3) is 0.600. The van der Waals surface area contributed by atoms with Gasteiger partial charge >= 0.3 is 5.97 Å². The first kappa shape index (κ1) is 11.1. The molecule has 1 fully saturated rings. The maximum atomic E-state index is 10.8. The molecule has 1 aromatic heterocycles. The Bertz CT molecular complexity index is 377. The van der Waals surface area contributed by atoms with Crippen LogP contribution in [0.5, 0.6) is 0 Å². The Morgan fingerprint density at radius 1 is 1.75 bits per heavy atom. The smallest absolute Gasteiger partial charge is 0.334 e. The van der Waals surface area contributed by atoms with Gasteiger partial charge in [0.05, 0.1) is 18.6 Å². The monoisotopic (exact) mass is 225 g/mol. The lowest BCUT2D eigenvalue weighted by atomic mass is 10.2. The number of nitrogens with zero attached hydrogens (tertiary/aromatic N) is 3. The molecule has 1 N–H and O–H groups in total. The van der Waals surface area contributed by atoms with Crippen molar-refractivity contribution in [2.24, 2.45) is 7.05 Å². The van der Waals surface area contributed by atoms with Gasteiger partial charge in [-0.1, -0.05) is 0 Å². The normalized spacial score (nSPS) is 22.2. The molecule has 2 heterocycles. The second-order valence-corrected chi connectivity index (χ2v) is 3.93. The summed E-state index contributed by atoms with van der Waals surface area (Å²) in [5.74, 6) is -0.894. The van der Waals surface area contributed by atoms with Gasteiger partial charge in [0.2, 0.25) is 0 Å². The molecule has 1 aromatic rings. The minimum absolute atomic E-state index is 0.431. The number of ether oxygens (including phenoxy) is 1. The SMILES string of the molecule is Cn1cncc1CN1CCOC(C(=O)O)C1. The van der Waals surface area contributed by atoms with E-state index in [9.17, 15) is 4.79 Å². The Balaban J connectivity index is 1.95. The summed E-state index contributed by atoms with van der Waals surface area (Å²) in [6.45, 7) is 2.37. The largest absolute Gasteiger partial charge is 0.479 e. The van der Waals surface area contributed by atoms with Crippen molar-refractivity contribution in [1.82, 2.24) is 14.5 Å². The fourth-order valence-corrected chi connectivity index (χ4v) is 1.76.